The summed E-state index contributed by atoms with van der Waals surface area (Å²) in [7, 11) is 0. The first kappa shape index (κ1) is 14.1. The number of fused-ring (bicyclic) bond motifs is 1. The van der Waals surface area contributed by atoms with Crippen molar-refractivity contribution in [3.8, 4) is 0 Å². The lowest BCUT2D eigenvalue weighted by Crippen LogP contribution is -2.39. The van der Waals surface area contributed by atoms with Gasteiger partial charge in [0.25, 0.3) is 5.91 Å². The number of amides is 1. The molecule has 1 atom stereocenters. The van der Waals surface area contributed by atoms with Crippen LogP contribution in [-0.4, -0.2) is 18.5 Å². The van der Waals surface area contributed by atoms with E-state index in [0.29, 0.717) is 5.92 Å². The van der Waals surface area contributed by atoms with Crippen molar-refractivity contribution in [1.82, 2.24) is 10.6 Å². The first-order valence-electron chi connectivity index (χ1n) is 7.25. The predicted molar refractivity (Wildman–Crippen MR) is 78.2 cm³/mol. The largest absolute Gasteiger partial charge is 0.349 e. The monoisotopic (exact) mass is 260 g/mol. The lowest BCUT2D eigenvalue weighted by molar-refractivity contribution is 0.0923. The van der Waals surface area contributed by atoms with Gasteiger partial charge in [0.2, 0.25) is 0 Å². The van der Waals surface area contributed by atoms with Crippen molar-refractivity contribution in [3.63, 3.8) is 0 Å². The quantitative estimate of drug-likeness (QED) is 0.873. The van der Waals surface area contributed by atoms with E-state index >= 15 is 0 Å². The zero-order valence-electron chi connectivity index (χ0n) is 12.1. The summed E-state index contributed by atoms with van der Waals surface area (Å²) in [6.07, 6.45) is 1.91. The summed E-state index contributed by atoms with van der Waals surface area (Å²) in [5, 5.41) is 6.52. The number of benzene rings is 1. The minimum atomic E-state index is 0.0827. The molecule has 0 aromatic heterocycles. The maximum absolute atomic E-state index is 12.5. The highest BCUT2D eigenvalue weighted by Gasteiger charge is 2.20. The van der Waals surface area contributed by atoms with E-state index in [4.69, 9.17) is 0 Å². The summed E-state index contributed by atoms with van der Waals surface area (Å²) >= 11 is 0. The van der Waals surface area contributed by atoms with Crippen LogP contribution in [0.3, 0.4) is 0 Å². The lowest BCUT2D eigenvalue weighted by atomic mass is 9.94. The van der Waals surface area contributed by atoms with Crippen molar-refractivity contribution in [2.75, 3.05) is 6.54 Å². The smallest absolute Gasteiger partial charge is 0.251 e. The average Bonchev–Trinajstić information content (AvgIpc) is 2.43. The third-order valence-electron chi connectivity index (χ3n) is 3.95. The summed E-state index contributed by atoms with van der Waals surface area (Å²) in [4.78, 5) is 12.5. The van der Waals surface area contributed by atoms with Gasteiger partial charge in [0.05, 0.1) is 0 Å². The molecular weight excluding hydrogens is 236 g/mol. The van der Waals surface area contributed by atoms with Crippen LogP contribution in [0.5, 0.6) is 0 Å². The molecule has 1 aliphatic heterocycles. The van der Waals surface area contributed by atoms with Crippen LogP contribution >= 0.6 is 0 Å². The lowest BCUT2D eigenvalue weighted by Gasteiger charge is -2.24. The fourth-order valence-electron chi connectivity index (χ4n) is 2.73. The normalized spacial score (nSPS) is 16.0. The zero-order chi connectivity index (χ0) is 13.8. The molecule has 1 amide bonds. The highest BCUT2D eigenvalue weighted by Crippen LogP contribution is 2.19. The Morgan fingerprint density at radius 1 is 1.42 bits per heavy atom. The number of carbonyl (C=O) groups is 1. The minimum absolute atomic E-state index is 0.0827. The standard InChI is InChI=1S/C16H24N2O/c1-4-15(11(2)3)18-16(19)14-7-5-6-12-10-17-9-8-13(12)14/h5-7,11,15,17H,4,8-10H2,1-3H3,(H,18,19). The Morgan fingerprint density at radius 2 is 2.21 bits per heavy atom. The maximum atomic E-state index is 12.5. The molecule has 0 fully saturated rings. The Kier molecular flexibility index (Phi) is 4.59. The van der Waals surface area contributed by atoms with Crippen molar-refractivity contribution in [2.24, 2.45) is 5.92 Å². The Labute approximate surface area is 115 Å². The SMILES string of the molecule is CCC(NC(=O)c1cccc2c1CCNC2)C(C)C. The van der Waals surface area contributed by atoms with Crippen molar-refractivity contribution in [2.45, 2.75) is 46.2 Å². The molecule has 19 heavy (non-hydrogen) atoms. The fraction of sp³-hybridized carbons (Fsp3) is 0.562. The molecule has 0 radical (unpaired) electrons. The molecule has 0 bridgehead atoms. The second-order valence-corrected chi connectivity index (χ2v) is 5.60. The zero-order valence-corrected chi connectivity index (χ0v) is 12.1. The van der Waals surface area contributed by atoms with Crippen LogP contribution < -0.4 is 10.6 Å². The minimum Gasteiger partial charge on any atom is -0.349 e. The number of nitrogens with one attached hydrogen (secondary N) is 2. The van der Waals surface area contributed by atoms with Gasteiger partial charge in [-0.3, -0.25) is 4.79 Å². The van der Waals surface area contributed by atoms with Gasteiger partial charge in [0.1, 0.15) is 0 Å². The Hall–Kier alpha value is -1.35. The summed E-state index contributed by atoms with van der Waals surface area (Å²) < 4.78 is 0. The van der Waals surface area contributed by atoms with Gasteiger partial charge in [-0.25, -0.2) is 0 Å². The molecule has 1 aromatic carbocycles. The second kappa shape index (κ2) is 6.20. The molecule has 2 N–H and O–H groups in total. The highest BCUT2D eigenvalue weighted by atomic mass is 16.1. The first-order valence-corrected chi connectivity index (χ1v) is 7.25. The molecule has 0 saturated heterocycles. The fourth-order valence-corrected chi connectivity index (χ4v) is 2.73. The molecule has 1 aromatic rings. The predicted octanol–water partition coefficient (Wildman–Crippen LogP) is 2.50. The number of carbonyl (C=O) groups excluding carboxylic acids is 1. The molecule has 0 saturated carbocycles. The second-order valence-electron chi connectivity index (χ2n) is 5.60. The van der Waals surface area contributed by atoms with E-state index in [1.165, 1.54) is 11.1 Å². The summed E-state index contributed by atoms with van der Waals surface area (Å²) in [5.41, 5.74) is 3.34. The average molecular weight is 260 g/mol. The van der Waals surface area contributed by atoms with Crippen molar-refractivity contribution < 1.29 is 4.79 Å². The topological polar surface area (TPSA) is 41.1 Å². The van der Waals surface area contributed by atoms with E-state index in [1.54, 1.807) is 0 Å². The molecular formula is C16H24N2O. The van der Waals surface area contributed by atoms with E-state index in [1.807, 2.05) is 12.1 Å². The molecule has 104 valence electrons. The number of hydrogen-bond donors (Lipinski definition) is 2. The van der Waals surface area contributed by atoms with Crippen molar-refractivity contribution in [1.29, 1.82) is 0 Å². The molecule has 1 unspecified atom stereocenters. The van der Waals surface area contributed by atoms with E-state index < -0.39 is 0 Å². The third kappa shape index (κ3) is 3.16. The van der Waals surface area contributed by atoms with Crippen LogP contribution in [0.1, 0.15) is 48.7 Å². The molecule has 1 aliphatic rings. The summed E-state index contributed by atoms with van der Waals surface area (Å²) in [6, 6.07) is 6.30. The Bertz CT molecular complexity index is 454. The molecule has 0 aliphatic carbocycles. The van der Waals surface area contributed by atoms with Gasteiger partial charge in [0.15, 0.2) is 0 Å². The maximum Gasteiger partial charge on any atom is 0.251 e. The Morgan fingerprint density at radius 3 is 2.89 bits per heavy atom. The van der Waals surface area contributed by atoms with E-state index in [0.717, 1.165) is 31.5 Å². The van der Waals surface area contributed by atoms with Crippen LogP contribution in [-0.2, 0) is 13.0 Å². The third-order valence-corrected chi connectivity index (χ3v) is 3.95. The van der Waals surface area contributed by atoms with E-state index in [-0.39, 0.29) is 11.9 Å². The number of hydrogen-bond acceptors (Lipinski definition) is 2. The summed E-state index contributed by atoms with van der Waals surface area (Å²) in [5.74, 6) is 0.550. The highest BCUT2D eigenvalue weighted by molar-refractivity contribution is 5.96. The molecule has 3 nitrogen and oxygen atoms in total. The van der Waals surface area contributed by atoms with Crippen LogP contribution in [0.15, 0.2) is 18.2 Å². The molecule has 2 rings (SSSR count). The van der Waals surface area contributed by atoms with Crippen molar-refractivity contribution in [3.05, 3.63) is 34.9 Å². The molecule has 1 heterocycles. The van der Waals surface area contributed by atoms with Gasteiger partial charge in [-0.2, -0.15) is 0 Å². The van der Waals surface area contributed by atoms with Gasteiger partial charge in [0, 0.05) is 18.2 Å². The van der Waals surface area contributed by atoms with E-state index in [2.05, 4.69) is 37.5 Å². The van der Waals surface area contributed by atoms with Crippen LogP contribution in [0.25, 0.3) is 0 Å². The van der Waals surface area contributed by atoms with Gasteiger partial charge in [-0.05, 0) is 42.5 Å². The van der Waals surface area contributed by atoms with Crippen LogP contribution in [0, 0.1) is 5.92 Å². The first-order chi connectivity index (χ1) is 9.13. The molecule has 0 spiro atoms. The molecule has 3 heteroatoms. The van der Waals surface area contributed by atoms with Crippen LogP contribution in [0.2, 0.25) is 0 Å². The Balaban J connectivity index is 2.19. The van der Waals surface area contributed by atoms with Crippen molar-refractivity contribution >= 4 is 5.91 Å². The number of rotatable bonds is 4. The summed E-state index contributed by atoms with van der Waals surface area (Å²) in [6.45, 7) is 8.25. The van der Waals surface area contributed by atoms with Crippen LogP contribution in [0.4, 0.5) is 0 Å². The van der Waals surface area contributed by atoms with Gasteiger partial charge in [-0.1, -0.05) is 32.9 Å². The van der Waals surface area contributed by atoms with Gasteiger partial charge in [-0.15, -0.1) is 0 Å². The van der Waals surface area contributed by atoms with Gasteiger partial charge < -0.3 is 10.6 Å². The van der Waals surface area contributed by atoms with E-state index in [9.17, 15) is 4.79 Å². The van der Waals surface area contributed by atoms with Gasteiger partial charge >= 0.3 is 0 Å².